The van der Waals surface area contributed by atoms with Gasteiger partial charge in [0, 0.05) is 6.54 Å². The van der Waals surface area contributed by atoms with E-state index >= 15 is 0 Å². The van der Waals surface area contributed by atoms with Gasteiger partial charge in [-0.05, 0) is 36.2 Å². The smallest absolute Gasteiger partial charge is 0.269 e. The van der Waals surface area contributed by atoms with E-state index in [9.17, 15) is 9.18 Å². The first kappa shape index (κ1) is 14.0. The summed E-state index contributed by atoms with van der Waals surface area (Å²) < 4.78 is 13.0. The summed E-state index contributed by atoms with van der Waals surface area (Å²) in [7, 11) is 0. The number of benzene rings is 1. The zero-order chi connectivity index (χ0) is 14.4. The van der Waals surface area contributed by atoms with Crippen LogP contribution in [0.15, 0.2) is 42.5 Å². The average Bonchev–Trinajstić information content (AvgIpc) is 2.47. The number of anilines is 1. The van der Waals surface area contributed by atoms with Crippen molar-refractivity contribution in [2.45, 2.75) is 6.42 Å². The molecule has 5 nitrogen and oxygen atoms in total. The number of amides is 1. The van der Waals surface area contributed by atoms with Gasteiger partial charge in [-0.25, -0.2) is 15.2 Å². The van der Waals surface area contributed by atoms with Crippen molar-refractivity contribution in [3.63, 3.8) is 0 Å². The van der Waals surface area contributed by atoms with Crippen LogP contribution in [0.4, 0.5) is 10.2 Å². The van der Waals surface area contributed by atoms with Crippen LogP contribution in [-0.2, 0) is 6.42 Å². The Morgan fingerprint density at radius 2 is 2.05 bits per heavy atom. The molecule has 0 bridgehead atoms. The first-order chi connectivity index (χ1) is 9.69. The summed E-state index contributed by atoms with van der Waals surface area (Å²) in [5.74, 6) is 5.08. The number of nitrogens with two attached hydrogens (primary N) is 1. The molecule has 2 rings (SSSR count). The van der Waals surface area contributed by atoms with Crippen LogP contribution in [0.5, 0.6) is 0 Å². The minimum Gasteiger partial charge on any atom is -0.350 e. The number of hydrogen-bond acceptors (Lipinski definition) is 4. The van der Waals surface area contributed by atoms with Crippen LogP contribution >= 0.6 is 0 Å². The molecule has 0 aliphatic rings. The van der Waals surface area contributed by atoms with Crippen molar-refractivity contribution in [3.05, 3.63) is 59.5 Å². The van der Waals surface area contributed by atoms with Gasteiger partial charge >= 0.3 is 0 Å². The monoisotopic (exact) mass is 274 g/mol. The van der Waals surface area contributed by atoms with E-state index in [4.69, 9.17) is 5.84 Å². The molecule has 4 N–H and O–H groups in total. The molecule has 0 atom stereocenters. The Balaban J connectivity index is 1.89. The predicted octanol–water partition coefficient (Wildman–Crippen LogP) is 1.48. The number of carbonyl (C=O) groups excluding carboxylic acids is 1. The maximum absolute atomic E-state index is 13.0. The first-order valence-corrected chi connectivity index (χ1v) is 6.15. The fourth-order valence-electron chi connectivity index (χ4n) is 1.74. The van der Waals surface area contributed by atoms with Gasteiger partial charge in [0.1, 0.15) is 17.3 Å². The molecule has 0 fully saturated rings. The van der Waals surface area contributed by atoms with E-state index in [0.29, 0.717) is 18.8 Å². The minimum absolute atomic E-state index is 0.277. The maximum Gasteiger partial charge on any atom is 0.269 e. The van der Waals surface area contributed by atoms with Gasteiger partial charge in [0.15, 0.2) is 0 Å². The molecule has 0 aliphatic carbocycles. The van der Waals surface area contributed by atoms with Crippen LogP contribution < -0.4 is 16.6 Å². The molecule has 1 aromatic carbocycles. The molecular weight excluding hydrogens is 259 g/mol. The second-order valence-electron chi connectivity index (χ2n) is 4.19. The van der Waals surface area contributed by atoms with E-state index in [-0.39, 0.29) is 17.4 Å². The van der Waals surface area contributed by atoms with E-state index in [1.807, 2.05) is 6.07 Å². The summed E-state index contributed by atoms with van der Waals surface area (Å²) in [6.07, 6.45) is 0.554. The van der Waals surface area contributed by atoms with Gasteiger partial charge in [-0.2, -0.15) is 0 Å². The van der Waals surface area contributed by atoms with Gasteiger partial charge < -0.3 is 10.7 Å². The maximum atomic E-state index is 13.0. The summed E-state index contributed by atoms with van der Waals surface area (Å²) in [6, 6.07) is 11.2. The van der Waals surface area contributed by atoms with E-state index < -0.39 is 0 Å². The molecule has 0 radical (unpaired) electrons. The number of hydrazine groups is 1. The largest absolute Gasteiger partial charge is 0.350 e. The summed E-state index contributed by atoms with van der Waals surface area (Å²) in [6.45, 7) is 0.407. The fraction of sp³-hybridized carbons (Fsp3) is 0.143. The fourth-order valence-corrected chi connectivity index (χ4v) is 1.74. The Kier molecular flexibility index (Phi) is 4.62. The van der Waals surface area contributed by atoms with Crippen molar-refractivity contribution in [2.75, 3.05) is 12.0 Å². The molecular formula is C14H15FN4O. The summed E-state index contributed by atoms with van der Waals surface area (Å²) in [5, 5.41) is 2.73. The summed E-state index contributed by atoms with van der Waals surface area (Å²) >= 11 is 0. The zero-order valence-corrected chi connectivity index (χ0v) is 10.8. The molecule has 1 aromatic heterocycles. The average molecular weight is 274 g/mol. The number of nitrogens with zero attached hydrogens (tertiary/aromatic N) is 1. The highest BCUT2D eigenvalue weighted by Gasteiger charge is 2.07. The van der Waals surface area contributed by atoms with E-state index in [0.717, 1.165) is 5.56 Å². The van der Waals surface area contributed by atoms with Gasteiger partial charge in [-0.3, -0.25) is 4.79 Å². The van der Waals surface area contributed by atoms with Crippen LogP contribution in [0.2, 0.25) is 0 Å². The third-order valence-electron chi connectivity index (χ3n) is 2.72. The van der Waals surface area contributed by atoms with Gasteiger partial charge in [0.05, 0.1) is 0 Å². The number of nitrogens with one attached hydrogen (secondary N) is 2. The molecule has 1 heterocycles. The molecule has 6 heteroatoms. The number of hydrogen-bond donors (Lipinski definition) is 3. The highest BCUT2D eigenvalue weighted by molar-refractivity contribution is 5.92. The molecule has 0 saturated heterocycles. The van der Waals surface area contributed by atoms with E-state index in [1.165, 1.54) is 12.1 Å². The molecule has 20 heavy (non-hydrogen) atoms. The predicted molar refractivity (Wildman–Crippen MR) is 74.5 cm³/mol. The van der Waals surface area contributed by atoms with Crippen LogP contribution in [0.25, 0.3) is 0 Å². The molecule has 0 aliphatic heterocycles. The summed E-state index contributed by atoms with van der Waals surface area (Å²) in [5.41, 5.74) is 3.48. The lowest BCUT2D eigenvalue weighted by Gasteiger charge is -2.06. The number of nitrogen functional groups attached to an aromatic ring is 1. The molecule has 0 saturated carbocycles. The van der Waals surface area contributed by atoms with Crippen molar-refractivity contribution in [1.29, 1.82) is 0 Å². The number of rotatable bonds is 5. The van der Waals surface area contributed by atoms with Crippen molar-refractivity contribution in [3.8, 4) is 0 Å². The van der Waals surface area contributed by atoms with Crippen molar-refractivity contribution < 1.29 is 9.18 Å². The van der Waals surface area contributed by atoms with Crippen molar-refractivity contribution in [2.24, 2.45) is 5.84 Å². The van der Waals surface area contributed by atoms with Crippen LogP contribution in [0, 0.1) is 5.82 Å². The van der Waals surface area contributed by atoms with Gasteiger partial charge in [-0.15, -0.1) is 0 Å². The lowest BCUT2D eigenvalue weighted by Crippen LogP contribution is -2.27. The van der Waals surface area contributed by atoms with Gasteiger partial charge in [0.2, 0.25) is 0 Å². The van der Waals surface area contributed by atoms with Crippen molar-refractivity contribution >= 4 is 11.7 Å². The molecule has 1 amide bonds. The molecule has 0 unspecified atom stereocenters. The van der Waals surface area contributed by atoms with E-state index in [2.05, 4.69) is 15.7 Å². The second kappa shape index (κ2) is 6.63. The highest BCUT2D eigenvalue weighted by Crippen LogP contribution is 2.05. The SMILES string of the molecule is NNc1cccc(C(=O)NCCc2cccc(F)c2)n1. The third kappa shape index (κ3) is 3.76. The first-order valence-electron chi connectivity index (χ1n) is 6.15. The highest BCUT2D eigenvalue weighted by atomic mass is 19.1. The Morgan fingerprint density at radius 3 is 2.80 bits per heavy atom. The van der Waals surface area contributed by atoms with Crippen LogP contribution in [0.3, 0.4) is 0 Å². The molecule has 104 valence electrons. The zero-order valence-electron chi connectivity index (χ0n) is 10.8. The van der Waals surface area contributed by atoms with Gasteiger partial charge in [-0.1, -0.05) is 18.2 Å². The Hall–Kier alpha value is -2.47. The van der Waals surface area contributed by atoms with Crippen LogP contribution in [-0.4, -0.2) is 17.4 Å². The Labute approximate surface area is 116 Å². The number of carbonyl (C=O) groups is 1. The number of pyridine rings is 1. The Bertz CT molecular complexity index is 603. The number of halogens is 1. The molecule has 0 spiro atoms. The summed E-state index contributed by atoms with van der Waals surface area (Å²) in [4.78, 5) is 15.9. The topological polar surface area (TPSA) is 80.0 Å². The number of aromatic nitrogens is 1. The third-order valence-corrected chi connectivity index (χ3v) is 2.72. The van der Waals surface area contributed by atoms with Crippen molar-refractivity contribution in [1.82, 2.24) is 10.3 Å². The van der Waals surface area contributed by atoms with Crippen LogP contribution in [0.1, 0.15) is 16.1 Å². The Morgan fingerprint density at radius 1 is 1.25 bits per heavy atom. The van der Waals surface area contributed by atoms with Gasteiger partial charge in [0.25, 0.3) is 5.91 Å². The quantitative estimate of drug-likeness (QED) is 0.570. The minimum atomic E-state index is -0.293. The van der Waals surface area contributed by atoms with E-state index in [1.54, 1.807) is 24.3 Å². The molecule has 2 aromatic rings. The lowest BCUT2D eigenvalue weighted by atomic mass is 10.1. The normalized spacial score (nSPS) is 10.1. The lowest BCUT2D eigenvalue weighted by molar-refractivity contribution is 0.0949. The second-order valence-corrected chi connectivity index (χ2v) is 4.19. The standard InChI is InChI=1S/C14H15FN4O/c15-11-4-1-3-10(9-11)7-8-17-14(20)12-5-2-6-13(18-12)19-16/h1-6,9H,7-8,16H2,(H,17,20)(H,18,19).